The largest absolute Gasteiger partial charge is 0.330 e. The van der Waals surface area contributed by atoms with E-state index >= 15 is 0 Å². The molecule has 0 unspecified atom stereocenters. The lowest BCUT2D eigenvalue weighted by Gasteiger charge is -2.56. The summed E-state index contributed by atoms with van der Waals surface area (Å²) in [6.07, 6.45) is 11.9. The Bertz CT molecular complexity index is 992. The van der Waals surface area contributed by atoms with Crippen LogP contribution in [0.2, 0.25) is 0 Å². The van der Waals surface area contributed by atoms with Crippen molar-refractivity contribution in [3.8, 4) is 11.8 Å². The van der Waals surface area contributed by atoms with Crippen LogP contribution in [0.5, 0.6) is 0 Å². The van der Waals surface area contributed by atoms with Gasteiger partial charge >= 0.3 is 0 Å². The molecule has 0 saturated carbocycles. The maximum atomic E-state index is 12.6. The van der Waals surface area contributed by atoms with E-state index < -0.39 is 8.67 Å². The van der Waals surface area contributed by atoms with E-state index in [-0.39, 0.29) is 0 Å². The second-order valence-electron chi connectivity index (χ2n) is 9.25. The monoisotopic (exact) mass is 455 g/mol. The van der Waals surface area contributed by atoms with Crippen LogP contribution in [-0.4, -0.2) is 23.8 Å². The number of nitroso groups, excluding NO2 is 1. The number of rotatable bonds is 12. The van der Waals surface area contributed by atoms with Gasteiger partial charge in [-0.25, -0.2) is 0 Å². The van der Waals surface area contributed by atoms with Gasteiger partial charge in [0, 0.05) is 28.4 Å². The van der Waals surface area contributed by atoms with Gasteiger partial charge in [0.25, 0.3) is 0 Å². The van der Waals surface area contributed by atoms with Gasteiger partial charge in [0.2, 0.25) is 0 Å². The highest BCUT2D eigenvalue weighted by Gasteiger charge is 2.71. The Labute approximate surface area is 194 Å². The van der Waals surface area contributed by atoms with Gasteiger partial charge in [-0.1, -0.05) is 62.1 Å². The molecule has 0 radical (unpaired) electrons. The molecule has 1 aliphatic rings. The molecule has 1 saturated heterocycles. The fraction of sp³-hybridized carbons (Fsp3) is 0.481. The number of unbranched alkanes of at least 4 members (excludes halogenated alkanes) is 2. The molecule has 0 aliphatic carbocycles. The minimum absolute atomic E-state index is 0.611. The molecule has 0 atom stereocenters. The van der Waals surface area contributed by atoms with E-state index in [1.54, 1.807) is 0 Å². The second kappa shape index (κ2) is 10.2. The predicted molar refractivity (Wildman–Crippen MR) is 144 cm³/mol. The first-order chi connectivity index (χ1) is 15.2. The lowest BCUT2D eigenvalue weighted by atomic mass is 10.1. The summed E-state index contributed by atoms with van der Waals surface area (Å²) in [5.74, 6) is 8.37. The van der Waals surface area contributed by atoms with Crippen molar-refractivity contribution in [2.75, 3.05) is 23.8 Å². The molecule has 0 amide bonds. The molecule has 0 bridgehead atoms. The summed E-state index contributed by atoms with van der Waals surface area (Å²) in [6.45, 7) is 11.0. The Hall–Kier alpha value is -2.13. The van der Waals surface area contributed by atoms with Crippen molar-refractivity contribution in [2.24, 2.45) is 15.5 Å². The highest BCUT2D eigenvalue weighted by Crippen LogP contribution is 3.00. The van der Waals surface area contributed by atoms with Gasteiger partial charge in [0.1, 0.15) is 0 Å². The third-order valence-electron chi connectivity index (χ3n) is 6.45. The molecule has 1 aromatic carbocycles. The van der Waals surface area contributed by atoms with Gasteiger partial charge in [0.15, 0.2) is 0 Å². The smallest absolute Gasteiger partial charge is 0.0256 e. The van der Waals surface area contributed by atoms with Gasteiger partial charge in [0.05, 0.1) is 0 Å². The van der Waals surface area contributed by atoms with E-state index in [1.807, 2.05) is 25.1 Å². The molecule has 0 aromatic heterocycles. The topological polar surface area (TPSA) is 81.5 Å². The Kier molecular flexibility index (Phi) is 8.33. The number of nitrogens with two attached hydrogens (primary N) is 2. The molecular formula is C27H41N3OS. The summed E-state index contributed by atoms with van der Waals surface area (Å²) in [6, 6.07) is 6.05. The van der Waals surface area contributed by atoms with Crippen LogP contribution in [-0.2, 0) is 0 Å². The zero-order valence-electron chi connectivity index (χ0n) is 20.2. The quantitative estimate of drug-likeness (QED) is 0.121. The van der Waals surface area contributed by atoms with Crippen molar-refractivity contribution < 1.29 is 0 Å². The molecule has 0 spiro atoms. The molecule has 2 rings (SSSR count). The van der Waals surface area contributed by atoms with E-state index in [0.29, 0.717) is 23.8 Å². The molecule has 4 nitrogen and oxygen atoms in total. The number of hydrogen-bond acceptors (Lipinski definition) is 4. The van der Waals surface area contributed by atoms with Gasteiger partial charge in [-0.05, 0) is 79.2 Å². The summed E-state index contributed by atoms with van der Waals surface area (Å²) < 4.78 is 3.85. The molecule has 1 fully saturated rings. The fourth-order valence-corrected chi connectivity index (χ4v) is 9.44. The molecule has 1 aliphatic heterocycles. The third-order valence-corrected chi connectivity index (χ3v) is 12.4. The summed E-state index contributed by atoms with van der Waals surface area (Å²) >= 11 is 0. The minimum atomic E-state index is -3.74. The lowest BCUT2D eigenvalue weighted by Crippen LogP contribution is -2.34. The van der Waals surface area contributed by atoms with Crippen LogP contribution in [0.1, 0.15) is 70.4 Å². The Morgan fingerprint density at radius 3 is 2.62 bits per heavy atom. The first kappa shape index (κ1) is 26.1. The molecule has 176 valence electrons. The summed E-state index contributed by atoms with van der Waals surface area (Å²) in [5.41, 5.74) is 9.77. The average Bonchev–Trinajstić information content (AvgIpc) is 3.46. The van der Waals surface area contributed by atoms with Crippen LogP contribution in [0.3, 0.4) is 0 Å². The molecule has 5 heteroatoms. The molecular weight excluding hydrogens is 414 g/mol. The molecule has 4 N–H and O–H groups in total. The molecule has 1 heterocycles. The van der Waals surface area contributed by atoms with Gasteiger partial charge < -0.3 is 5.73 Å². The van der Waals surface area contributed by atoms with Crippen molar-refractivity contribution >= 4 is 14.2 Å². The number of benzene rings is 1. The average molecular weight is 456 g/mol. The van der Waals surface area contributed by atoms with Gasteiger partial charge in [-0.3, -0.25) is 5.14 Å². The van der Waals surface area contributed by atoms with Crippen molar-refractivity contribution in [3.05, 3.63) is 64.6 Å². The van der Waals surface area contributed by atoms with Gasteiger partial charge in [-0.2, -0.15) is 0 Å². The standard InChI is InChI=1S/C27H41N3OS/c1-5-7-9-14-25-15-16-26(23(3)4)27(22-25)32(29,30-31,20-21-32)19-11-10-13-24(17-18-28)12-8-6-2/h8,12-13,15-16,22H,3,5-7,10-11,17-21,28-29H2,1-2,4H3/b12-8+,24-13+. The van der Waals surface area contributed by atoms with E-state index in [1.165, 1.54) is 5.57 Å². The van der Waals surface area contributed by atoms with Crippen LogP contribution in [0.4, 0.5) is 0 Å². The predicted octanol–water partition coefficient (Wildman–Crippen LogP) is 6.70. The Balaban J connectivity index is 2.40. The van der Waals surface area contributed by atoms with E-state index in [0.717, 1.165) is 60.1 Å². The lowest BCUT2D eigenvalue weighted by molar-refractivity contribution is 0.914. The van der Waals surface area contributed by atoms with Crippen molar-refractivity contribution in [2.45, 2.75) is 64.2 Å². The minimum Gasteiger partial charge on any atom is -0.330 e. The van der Waals surface area contributed by atoms with Crippen molar-refractivity contribution in [1.29, 1.82) is 0 Å². The van der Waals surface area contributed by atoms with E-state index in [2.05, 4.69) is 55.1 Å². The Morgan fingerprint density at radius 1 is 1.31 bits per heavy atom. The molecule has 32 heavy (non-hydrogen) atoms. The van der Waals surface area contributed by atoms with E-state index in [9.17, 15) is 4.91 Å². The Morgan fingerprint density at radius 2 is 2.06 bits per heavy atom. The maximum Gasteiger partial charge on any atom is 0.0256 e. The number of nitrogens with zero attached hydrogens (tertiary/aromatic N) is 1. The first-order valence-corrected chi connectivity index (χ1v) is 14.7. The second-order valence-corrected chi connectivity index (χ2v) is 15.6. The van der Waals surface area contributed by atoms with Crippen molar-refractivity contribution in [1.82, 2.24) is 0 Å². The highest BCUT2D eigenvalue weighted by molar-refractivity contribution is 8.67. The fourth-order valence-electron chi connectivity index (χ4n) is 4.13. The van der Waals surface area contributed by atoms with Crippen molar-refractivity contribution in [3.63, 3.8) is 0 Å². The summed E-state index contributed by atoms with van der Waals surface area (Å²) in [4.78, 5) is 13.5. The number of allylic oxidation sites excluding steroid dienone is 4. The third kappa shape index (κ3) is 5.43. The van der Waals surface area contributed by atoms with Crippen LogP contribution >= 0.6 is 8.67 Å². The summed E-state index contributed by atoms with van der Waals surface area (Å²) in [7, 11) is -3.74. The van der Waals surface area contributed by atoms with Crippen LogP contribution in [0.25, 0.3) is 5.57 Å². The zero-order valence-corrected chi connectivity index (χ0v) is 21.0. The van der Waals surface area contributed by atoms with Crippen LogP contribution in [0, 0.1) is 16.7 Å². The zero-order chi connectivity index (χ0) is 23.7. The number of hydrogen-bond donors (Lipinski definition) is 2. The normalized spacial score (nSPS) is 20.2. The molecule has 1 aromatic rings. The van der Waals surface area contributed by atoms with Gasteiger partial charge in [-0.15, -0.1) is 13.6 Å². The van der Waals surface area contributed by atoms with Crippen LogP contribution in [0.15, 0.2) is 58.1 Å². The van der Waals surface area contributed by atoms with E-state index in [4.69, 9.17) is 10.9 Å². The summed E-state index contributed by atoms with van der Waals surface area (Å²) in [5, 5.41) is 7.23. The van der Waals surface area contributed by atoms with Crippen LogP contribution < -0.4 is 10.9 Å². The maximum absolute atomic E-state index is 12.6. The first-order valence-electron chi connectivity index (χ1n) is 11.8. The SMILES string of the molecule is C=C(C)c1ccc(C#CCCC)cc1S1(N)(CCC/C=C(\C=C\CC)CCN)(N=O)CC1. The highest BCUT2D eigenvalue weighted by atomic mass is 32.4.